The number of halogens is 1. The van der Waals surface area contributed by atoms with Gasteiger partial charge in [0.15, 0.2) is 0 Å². The lowest BCUT2D eigenvalue weighted by molar-refractivity contribution is -0.121. The summed E-state index contributed by atoms with van der Waals surface area (Å²) in [6, 6.07) is 10.3. The van der Waals surface area contributed by atoms with Crippen LogP contribution in [-0.2, 0) is 11.3 Å². The lowest BCUT2D eigenvalue weighted by Gasteiger charge is -2.34. The van der Waals surface area contributed by atoms with Gasteiger partial charge >= 0.3 is 0 Å². The molecule has 0 radical (unpaired) electrons. The maximum atomic E-state index is 14.0. The van der Waals surface area contributed by atoms with Gasteiger partial charge in [0.1, 0.15) is 11.6 Å². The number of benzene rings is 2. The Morgan fingerprint density at radius 1 is 1.17 bits per heavy atom. The predicted octanol–water partition coefficient (Wildman–Crippen LogP) is 4.30. The molecule has 152 valence electrons. The zero-order valence-electron chi connectivity index (χ0n) is 16.7. The number of nitrogens with one attached hydrogen (secondary N) is 1. The first-order chi connectivity index (χ1) is 14.0. The average molecular weight is 396 g/mol. The van der Waals surface area contributed by atoms with Gasteiger partial charge in [-0.05, 0) is 56.4 Å². The van der Waals surface area contributed by atoms with E-state index in [-0.39, 0.29) is 29.6 Å². The molecule has 0 bridgehead atoms. The molecule has 5 nitrogen and oxygen atoms in total. The molecule has 1 aliphatic heterocycles. The molecule has 1 N–H and O–H groups in total. The number of nitrogens with zero attached hydrogens (tertiary/aromatic N) is 1. The first-order valence-electron chi connectivity index (χ1n) is 10.0. The largest absolute Gasteiger partial charge is 0.496 e. The van der Waals surface area contributed by atoms with Gasteiger partial charge in [-0.2, -0.15) is 0 Å². The van der Waals surface area contributed by atoms with Crippen LogP contribution in [0, 0.1) is 18.7 Å². The highest BCUT2D eigenvalue weighted by Crippen LogP contribution is 2.34. The van der Waals surface area contributed by atoms with Crippen molar-refractivity contribution in [3.8, 4) is 5.75 Å². The molecule has 1 heterocycles. The van der Waals surface area contributed by atoms with Crippen molar-refractivity contribution in [2.75, 3.05) is 12.4 Å². The molecule has 29 heavy (non-hydrogen) atoms. The number of carbonyl (C=O) groups is 2. The number of aryl methyl sites for hydroxylation is 1. The molecule has 4 rings (SSSR count). The van der Waals surface area contributed by atoms with Crippen molar-refractivity contribution in [3.63, 3.8) is 0 Å². The highest BCUT2D eigenvalue weighted by molar-refractivity contribution is 5.98. The van der Waals surface area contributed by atoms with Crippen LogP contribution >= 0.6 is 0 Å². The summed E-state index contributed by atoms with van der Waals surface area (Å²) < 4.78 is 19.3. The van der Waals surface area contributed by atoms with Crippen molar-refractivity contribution >= 4 is 17.5 Å². The van der Waals surface area contributed by atoms with Gasteiger partial charge in [0, 0.05) is 41.4 Å². The van der Waals surface area contributed by atoms with Crippen molar-refractivity contribution in [3.05, 3.63) is 58.9 Å². The van der Waals surface area contributed by atoms with Crippen molar-refractivity contribution in [2.45, 2.75) is 45.2 Å². The van der Waals surface area contributed by atoms with Crippen LogP contribution in [0.5, 0.6) is 5.75 Å². The van der Waals surface area contributed by atoms with Gasteiger partial charge in [-0.15, -0.1) is 0 Å². The van der Waals surface area contributed by atoms with Gasteiger partial charge in [0.2, 0.25) is 5.91 Å². The third kappa shape index (κ3) is 3.71. The Hall–Kier alpha value is -2.89. The second-order valence-electron chi connectivity index (χ2n) is 7.88. The van der Waals surface area contributed by atoms with E-state index in [0.29, 0.717) is 30.5 Å². The fourth-order valence-corrected chi connectivity index (χ4v) is 4.40. The van der Waals surface area contributed by atoms with Crippen LogP contribution in [-0.4, -0.2) is 29.9 Å². The van der Waals surface area contributed by atoms with Gasteiger partial charge in [-0.25, -0.2) is 4.39 Å². The molecule has 2 amide bonds. The molecule has 1 fully saturated rings. The number of hydrogen-bond donors (Lipinski definition) is 1. The molecular weight excluding hydrogens is 371 g/mol. The zero-order chi connectivity index (χ0) is 20.5. The number of methoxy groups -OCH3 is 1. The number of ether oxygens (including phenoxy) is 1. The Balaban J connectivity index is 1.36. The Bertz CT molecular complexity index is 951. The highest BCUT2D eigenvalue weighted by Gasteiger charge is 2.37. The van der Waals surface area contributed by atoms with E-state index in [9.17, 15) is 14.0 Å². The molecule has 2 aromatic carbocycles. The topological polar surface area (TPSA) is 58.6 Å². The first kappa shape index (κ1) is 19.4. The van der Waals surface area contributed by atoms with Crippen molar-refractivity contribution in [2.24, 2.45) is 5.92 Å². The standard InChI is InChI=1S/C23H25FN2O3/c1-14-6-9-16(12-21(14)29-2)25-22(27)15-7-10-17(11-8-15)26-13-19-18(23(26)28)4-3-5-20(19)24/h3-6,9,12,15,17H,7-8,10-11,13H2,1-2H3,(H,25,27). The van der Waals surface area contributed by atoms with Crippen LogP contribution in [0.15, 0.2) is 36.4 Å². The Morgan fingerprint density at radius 2 is 1.93 bits per heavy atom. The van der Waals surface area contributed by atoms with E-state index in [0.717, 1.165) is 29.8 Å². The summed E-state index contributed by atoms with van der Waals surface area (Å²) in [6.45, 7) is 2.28. The van der Waals surface area contributed by atoms with Crippen molar-refractivity contribution in [1.29, 1.82) is 0 Å². The fourth-order valence-electron chi connectivity index (χ4n) is 4.40. The summed E-state index contributed by atoms with van der Waals surface area (Å²) in [5, 5.41) is 2.98. The van der Waals surface area contributed by atoms with Crippen molar-refractivity contribution in [1.82, 2.24) is 4.90 Å². The number of fused-ring (bicyclic) bond motifs is 1. The molecule has 0 aromatic heterocycles. The second-order valence-corrected chi connectivity index (χ2v) is 7.88. The van der Waals surface area contributed by atoms with Gasteiger partial charge in [-0.3, -0.25) is 9.59 Å². The summed E-state index contributed by atoms with van der Waals surface area (Å²) in [7, 11) is 1.61. The van der Waals surface area contributed by atoms with Crippen LogP contribution < -0.4 is 10.1 Å². The molecule has 0 spiro atoms. The molecule has 2 aliphatic rings. The fraction of sp³-hybridized carbons (Fsp3) is 0.391. The van der Waals surface area contributed by atoms with Crippen LogP contribution in [0.3, 0.4) is 0 Å². The van der Waals surface area contributed by atoms with Crippen molar-refractivity contribution < 1.29 is 18.7 Å². The maximum absolute atomic E-state index is 14.0. The van der Waals surface area contributed by atoms with Gasteiger partial charge in [0.05, 0.1) is 7.11 Å². The van der Waals surface area contributed by atoms with E-state index in [2.05, 4.69) is 5.32 Å². The molecule has 2 aromatic rings. The average Bonchev–Trinajstić information content (AvgIpc) is 3.07. The van der Waals surface area contributed by atoms with E-state index in [4.69, 9.17) is 4.74 Å². The molecule has 0 atom stereocenters. The first-order valence-corrected chi connectivity index (χ1v) is 10.0. The molecule has 1 aliphatic carbocycles. The zero-order valence-corrected chi connectivity index (χ0v) is 16.7. The lowest BCUT2D eigenvalue weighted by atomic mass is 9.84. The van der Waals surface area contributed by atoms with E-state index >= 15 is 0 Å². The molecule has 0 unspecified atom stereocenters. The van der Waals surface area contributed by atoms with Crippen LogP contribution in [0.4, 0.5) is 10.1 Å². The lowest BCUT2D eigenvalue weighted by Crippen LogP contribution is -2.40. The van der Waals surface area contributed by atoms with E-state index < -0.39 is 0 Å². The monoisotopic (exact) mass is 396 g/mol. The summed E-state index contributed by atoms with van der Waals surface area (Å²) in [5.41, 5.74) is 2.70. The number of amides is 2. The molecule has 0 saturated heterocycles. The van der Waals surface area contributed by atoms with Crippen LogP contribution in [0.25, 0.3) is 0 Å². The van der Waals surface area contributed by atoms with Crippen LogP contribution in [0.2, 0.25) is 0 Å². The SMILES string of the molecule is COc1cc(NC(=O)C2CCC(N3Cc4c(F)cccc4C3=O)CC2)ccc1C. The third-order valence-electron chi connectivity index (χ3n) is 6.12. The minimum absolute atomic E-state index is 0.00330. The second kappa shape index (κ2) is 7.85. The minimum atomic E-state index is -0.320. The Morgan fingerprint density at radius 3 is 2.62 bits per heavy atom. The highest BCUT2D eigenvalue weighted by atomic mass is 19.1. The predicted molar refractivity (Wildman–Crippen MR) is 108 cm³/mol. The Labute approximate surface area is 169 Å². The summed E-state index contributed by atoms with van der Waals surface area (Å²) in [4.78, 5) is 27.1. The number of rotatable bonds is 4. The maximum Gasteiger partial charge on any atom is 0.254 e. The summed E-state index contributed by atoms with van der Waals surface area (Å²) >= 11 is 0. The minimum Gasteiger partial charge on any atom is -0.496 e. The molecule has 6 heteroatoms. The normalized spacial score (nSPS) is 21.1. The van der Waals surface area contributed by atoms with Crippen LogP contribution in [0.1, 0.15) is 47.2 Å². The smallest absolute Gasteiger partial charge is 0.254 e. The summed E-state index contributed by atoms with van der Waals surface area (Å²) in [5.74, 6) is 0.233. The number of hydrogen-bond acceptors (Lipinski definition) is 3. The van der Waals surface area contributed by atoms with E-state index in [1.165, 1.54) is 6.07 Å². The van der Waals surface area contributed by atoms with Gasteiger partial charge in [0.25, 0.3) is 5.91 Å². The van der Waals surface area contributed by atoms with Gasteiger partial charge in [-0.1, -0.05) is 12.1 Å². The number of carbonyl (C=O) groups excluding carboxylic acids is 2. The summed E-state index contributed by atoms with van der Waals surface area (Å²) in [6.07, 6.45) is 2.91. The quantitative estimate of drug-likeness (QED) is 0.838. The third-order valence-corrected chi connectivity index (χ3v) is 6.12. The molecule has 1 saturated carbocycles. The van der Waals surface area contributed by atoms with Gasteiger partial charge < -0.3 is 15.0 Å². The van der Waals surface area contributed by atoms with E-state index in [1.54, 1.807) is 24.1 Å². The van der Waals surface area contributed by atoms with E-state index in [1.807, 2.05) is 25.1 Å². The Kier molecular flexibility index (Phi) is 5.26. The number of anilines is 1. The molecular formula is C23H25FN2O3.